The Labute approximate surface area is 148 Å². The lowest BCUT2D eigenvalue weighted by atomic mass is 9.99. The fourth-order valence-corrected chi connectivity index (χ4v) is 3.43. The van der Waals surface area contributed by atoms with Gasteiger partial charge in [0.05, 0.1) is 13.7 Å². The van der Waals surface area contributed by atoms with E-state index in [-0.39, 0.29) is 5.63 Å². The summed E-state index contributed by atoms with van der Waals surface area (Å²) in [6.07, 6.45) is 3.49. The SMILES string of the molecule is COc1c(C)cc2ccc(=O)oc2c1OCCCN1CCC(C)CC1. The van der Waals surface area contributed by atoms with Crippen molar-refractivity contribution < 1.29 is 13.9 Å². The van der Waals surface area contributed by atoms with E-state index in [1.165, 1.54) is 32.0 Å². The molecule has 1 aromatic heterocycles. The molecule has 136 valence electrons. The number of piperidine rings is 1. The number of hydrogen-bond donors (Lipinski definition) is 0. The summed E-state index contributed by atoms with van der Waals surface area (Å²) in [6.45, 7) is 8.23. The Hall–Kier alpha value is -2.01. The van der Waals surface area contributed by atoms with E-state index in [1.54, 1.807) is 13.2 Å². The minimum Gasteiger partial charge on any atom is -0.492 e. The number of hydrogen-bond acceptors (Lipinski definition) is 5. The Balaban J connectivity index is 1.69. The largest absolute Gasteiger partial charge is 0.492 e. The van der Waals surface area contributed by atoms with E-state index in [2.05, 4.69) is 11.8 Å². The first kappa shape index (κ1) is 17.8. The first-order valence-corrected chi connectivity index (χ1v) is 9.05. The van der Waals surface area contributed by atoms with Gasteiger partial charge >= 0.3 is 5.63 Å². The molecule has 1 fully saturated rings. The maximum Gasteiger partial charge on any atom is 0.336 e. The van der Waals surface area contributed by atoms with Gasteiger partial charge in [-0.05, 0) is 62.9 Å². The van der Waals surface area contributed by atoms with Crippen molar-refractivity contribution in [3.63, 3.8) is 0 Å². The molecule has 3 rings (SSSR count). The minimum absolute atomic E-state index is 0.384. The molecule has 1 aromatic carbocycles. The van der Waals surface area contributed by atoms with E-state index in [0.717, 1.165) is 29.8 Å². The average molecular weight is 345 g/mol. The summed E-state index contributed by atoms with van der Waals surface area (Å²) in [5.74, 6) is 2.01. The van der Waals surface area contributed by atoms with Gasteiger partial charge in [0, 0.05) is 18.0 Å². The Morgan fingerprint density at radius 2 is 2.00 bits per heavy atom. The third kappa shape index (κ3) is 4.15. The third-order valence-electron chi connectivity index (χ3n) is 4.95. The predicted molar refractivity (Wildman–Crippen MR) is 98.7 cm³/mol. The summed E-state index contributed by atoms with van der Waals surface area (Å²) in [5, 5.41) is 0.845. The zero-order valence-corrected chi connectivity index (χ0v) is 15.3. The number of nitrogens with zero attached hydrogens (tertiary/aromatic N) is 1. The van der Waals surface area contributed by atoms with E-state index in [0.29, 0.717) is 23.7 Å². The highest BCUT2D eigenvalue weighted by Crippen LogP contribution is 2.38. The average Bonchev–Trinajstić information content (AvgIpc) is 2.60. The molecule has 2 aromatic rings. The number of ether oxygens (including phenoxy) is 2. The second-order valence-corrected chi connectivity index (χ2v) is 6.95. The molecule has 1 aliphatic rings. The molecule has 25 heavy (non-hydrogen) atoms. The molecule has 2 heterocycles. The molecular formula is C20H27NO4. The molecule has 0 unspecified atom stereocenters. The van der Waals surface area contributed by atoms with Crippen LogP contribution in [0.2, 0.25) is 0 Å². The van der Waals surface area contributed by atoms with Crippen molar-refractivity contribution >= 4 is 11.0 Å². The predicted octanol–water partition coefficient (Wildman–Crippen LogP) is 3.61. The van der Waals surface area contributed by atoms with Gasteiger partial charge in [0.2, 0.25) is 5.75 Å². The van der Waals surface area contributed by atoms with Gasteiger partial charge < -0.3 is 18.8 Å². The van der Waals surface area contributed by atoms with Crippen LogP contribution >= 0.6 is 0 Å². The maximum atomic E-state index is 11.6. The van der Waals surface area contributed by atoms with Crippen LogP contribution in [-0.2, 0) is 0 Å². The van der Waals surface area contributed by atoms with Crippen LogP contribution in [0, 0.1) is 12.8 Å². The van der Waals surface area contributed by atoms with Crippen molar-refractivity contribution in [2.75, 3.05) is 33.4 Å². The van der Waals surface area contributed by atoms with Gasteiger partial charge in [0.1, 0.15) is 0 Å². The molecule has 0 saturated carbocycles. The number of rotatable bonds is 6. The van der Waals surface area contributed by atoms with Gasteiger partial charge in [0.15, 0.2) is 11.3 Å². The van der Waals surface area contributed by atoms with Gasteiger partial charge in [-0.3, -0.25) is 0 Å². The number of likely N-dealkylation sites (tertiary alicyclic amines) is 1. The van der Waals surface area contributed by atoms with Crippen LogP contribution in [-0.4, -0.2) is 38.3 Å². The summed E-state index contributed by atoms with van der Waals surface area (Å²) >= 11 is 0. The van der Waals surface area contributed by atoms with Crippen molar-refractivity contribution in [1.29, 1.82) is 0 Å². The molecule has 0 radical (unpaired) electrons. The van der Waals surface area contributed by atoms with Gasteiger partial charge in [-0.25, -0.2) is 4.79 Å². The quantitative estimate of drug-likeness (QED) is 0.591. The molecule has 0 N–H and O–H groups in total. The summed E-state index contributed by atoms with van der Waals surface area (Å²) in [7, 11) is 1.61. The van der Waals surface area contributed by atoms with Crippen LogP contribution in [0.1, 0.15) is 31.7 Å². The fourth-order valence-electron chi connectivity index (χ4n) is 3.43. The highest BCUT2D eigenvalue weighted by molar-refractivity contribution is 5.86. The lowest BCUT2D eigenvalue weighted by Gasteiger charge is -2.30. The van der Waals surface area contributed by atoms with E-state index in [4.69, 9.17) is 13.9 Å². The van der Waals surface area contributed by atoms with Gasteiger partial charge in [-0.15, -0.1) is 0 Å². The second-order valence-electron chi connectivity index (χ2n) is 6.95. The lowest BCUT2D eigenvalue weighted by Crippen LogP contribution is -2.34. The van der Waals surface area contributed by atoms with Crippen LogP contribution in [0.3, 0.4) is 0 Å². The standard InChI is InChI=1S/C20H27NO4/c1-14-7-10-21(11-8-14)9-4-12-24-20-18(23-3)15(2)13-16-5-6-17(22)25-19(16)20/h5-6,13-14H,4,7-12H2,1-3H3. The number of aryl methyl sites for hydroxylation is 1. The molecule has 0 bridgehead atoms. The third-order valence-corrected chi connectivity index (χ3v) is 4.95. The maximum absolute atomic E-state index is 11.6. The molecule has 5 nitrogen and oxygen atoms in total. The van der Waals surface area contributed by atoms with Gasteiger partial charge in [-0.2, -0.15) is 0 Å². The fraction of sp³-hybridized carbons (Fsp3) is 0.550. The molecular weight excluding hydrogens is 318 g/mol. The van der Waals surface area contributed by atoms with E-state index < -0.39 is 0 Å². The highest BCUT2D eigenvalue weighted by Gasteiger charge is 2.17. The van der Waals surface area contributed by atoms with Crippen LogP contribution < -0.4 is 15.1 Å². The van der Waals surface area contributed by atoms with Crippen molar-refractivity contribution in [3.8, 4) is 11.5 Å². The molecule has 0 amide bonds. The Morgan fingerprint density at radius 3 is 2.72 bits per heavy atom. The highest BCUT2D eigenvalue weighted by atomic mass is 16.5. The Bertz CT molecular complexity index is 775. The van der Waals surface area contributed by atoms with Gasteiger partial charge in [-0.1, -0.05) is 6.92 Å². The van der Waals surface area contributed by atoms with Crippen molar-refractivity contribution in [2.24, 2.45) is 5.92 Å². The van der Waals surface area contributed by atoms with Gasteiger partial charge in [0.25, 0.3) is 0 Å². The number of benzene rings is 1. The molecule has 1 saturated heterocycles. The normalized spacial score (nSPS) is 16.3. The van der Waals surface area contributed by atoms with E-state index in [9.17, 15) is 4.79 Å². The minimum atomic E-state index is -0.384. The van der Waals surface area contributed by atoms with Crippen LogP contribution in [0.15, 0.2) is 27.4 Å². The summed E-state index contributed by atoms with van der Waals surface area (Å²) in [6, 6.07) is 5.13. The van der Waals surface area contributed by atoms with E-state index >= 15 is 0 Å². The number of methoxy groups -OCH3 is 1. The Kier molecular flexibility index (Phi) is 5.63. The summed E-state index contributed by atoms with van der Waals surface area (Å²) in [5.41, 5.74) is 1.04. The zero-order chi connectivity index (χ0) is 17.8. The summed E-state index contributed by atoms with van der Waals surface area (Å²) in [4.78, 5) is 14.1. The van der Waals surface area contributed by atoms with Crippen molar-refractivity contribution in [1.82, 2.24) is 4.90 Å². The number of fused-ring (bicyclic) bond motifs is 1. The monoisotopic (exact) mass is 345 g/mol. The van der Waals surface area contributed by atoms with Crippen LogP contribution in [0.5, 0.6) is 11.5 Å². The van der Waals surface area contributed by atoms with Crippen LogP contribution in [0.4, 0.5) is 0 Å². The second kappa shape index (κ2) is 7.91. The molecule has 0 atom stereocenters. The molecule has 5 heteroatoms. The lowest BCUT2D eigenvalue weighted by molar-refractivity contribution is 0.176. The zero-order valence-electron chi connectivity index (χ0n) is 15.3. The molecule has 0 aliphatic carbocycles. The topological polar surface area (TPSA) is 51.9 Å². The Morgan fingerprint density at radius 1 is 1.24 bits per heavy atom. The smallest absolute Gasteiger partial charge is 0.336 e. The molecule has 0 spiro atoms. The van der Waals surface area contributed by atoms with E-state index in [1.807, 2.05) is 13.0 Å². The first-order valence-electron chi connectivity index (χ1n) is 9.05. The first-order chi connectivity index (χ1) is 12.1. The summed E-state index contributed by atoms with van der Waals surface area (Å²) < 4.78 is 16.9. The van der Waals surface area contributed by atoms with Crippen molar-refractivity contribution in [3.05, 3.63) is 34.2 Å². The van der Waals surface area contributed by atoms with Crippen molar-refractivity contribution in [2.45, 2.75) is 33.1 Å². The molecule has 1 aliphatic heterocycles. The van der Waals surface area contributed by atoms with Crippen LogP contribution in [0.25, 0.3) is 11.0 Å².